The van der Waals surface area contributed by atoms with E-state index in [4.69, 9.17) is 22.1 Å². The van der Waals surface area contributed by atoms with Gasteiger partial charge in [0.1, 0.15) is 5.60 Å². The van der Waals surface area contributed by atoms with E-state index in [1.54, 1.807) is 0 Å². The van der Waals surface area contributed by atoms with E-state index in [-0.39, 0.29) is 6.09 Å². The van der Waals surface area contributed by atoms with Crippen LogP contribution in [0.1, 0.15) is 52.5 Å². The van der Waals surface area contributed by atoms with E-state index in [9.17, 15) is 4.79 Å². The molecule has 1 aromatic rings. The van der Waals surface area contributed by atoms with Crippen molar-refractivity contribution in [2.75, 3.05) is 18.8 Å². The normalized spacial score (nSPS) is 18.4. The molecular weight excluding hydrogens is 360 g/mol. The lowest BCUT2D eigenvalue weighted by atomic mass is 9.82. The van der Waals surface area contributed by atoms with E-state index in [1.165, 1.54) is 11.1 Å². The van der Waals surface area contributed by atoms with Gasteiger partial charge in [0.05, 0.1) is 10.7 Å². The number of amides is 1. The van der Waals surface area contributed by atoms with Crippen molar-refractivity contribution in [2.24, 2.45) is 11.8 Å². The zero-order valence-corrected chi connectivity index (χ0v) is 17.8. The van der Waals surface area contributed by atoms with Crippen molar-refractivity contribution in [1.82, 2.24) is 4.90 Å². The van der Waals surface area contributed by atoms with Crippen molar-refractivity contribution in [1.29, 1.82) is 0 Å². The van der Waals surface area contributed by atoms with Gasteiger partial charge in [-0.2, -0.15) is 0 Å². The molecule has 4 nitrogen and oxygen atoms in total. The third-order valence-electron chi connectivity index (χ3n) is 5.02. The first-order valence-electron chi connectivity index (χ1n) is 9.71. The number of nitrogen functional groups attached to an aromatic ring is 1. The van der Waals surface area contributed by atoms with Crippen molar-refractivity contribution in [3.8, 4) is 0 Å². The smallest absolute Gasteiger partial charge is 0.410 e. The first-order chi connectivity index (χ1) is 12.5. The largest absolute Gasteiger partial charge is 0.444 e. The van der Waals surface area contributed by atoms with Crippen LogP contribution in [0.5, 0.6) is 0 Å². The Bertz CT molecular complexity index is 681. The quantitative estimate of drug-likeness (QED) is 0.499. The summed E-state index contributed by atoms with van der Waals surface area (Å²) >= 11 is 6.15. The Morgan fingerprint density at radius 2 is 2.15 bits per heavy atom. The Kier molecular flexibility index (Phi) is 7.21. The van der Waals surface area contributed by atoms with Crippen LogP contribution in [0.4, 0.5) is 10.5 Å². The summed E-state index contributed by atoms with van der Waals surface area (Å²) in [6.45, 7) is 13.4. The van der Waals surface area contributed by atoms with Crippen LogP contribution in [-0.4, -0.2) is 29.7 Å². The topological polar surface area (TPSA) is 55.6 Å². The number of benzene rings is 1. The first kappa shape index (κ1) is 21.6. The predicted molar refractivity (Wildman–Crippen MR) is 113 cm³/mol. The molecule has 0 saturated carbocycles. The van der Waals surface area contributed by atoms with Crippen LogP contribution in [0.2, 0.25) is 5.02 Å². The van der Waals surface area contributed by atoms with Crippen LogP contribution in [-0.2, 0) is 11.2 Å². The maximum atomic E-state index is 12.4. The molecule has 150 valence electrons. The molecule has 5 heteroatoms. The monoisotopic (exact) mass is 392 g/mol. The summed E-state index contributed by atoms with van der Waals surface area (Å²) in [4.78, 5) is 14.2. The number of carbonyl (C=O) groups is 1. The summed E-state index contributed by atoms with van der Waals surface area (Å²) in [5.41, 5.74) is 8.34. The molecule has 0 spiro atoms. The minimum Gasteiger partial charge on any atom is -0.444 e. The van der Waals surface area contributed by atoms with Crippen molar-refractivity contribution in [2.45, 2.75) is 59.0 Å². The van der Waals surface area contributed by atoms with E-state index in [0.717, 1.165) is 38.8 Å². The van der Waals surface area contributed by atoms with Gasteiger partial charge in [0.25, 0.3) is 0 Å². The molecule has 1 saturated heterocycles. The second-order valence-corrected chi connectivity index (χ2v) is 9.20. The van der Waals surface area contributed by atoms with E-state index < -0.39 is 5.60 Å². The van der Waals surface area contributed by atoms with Gasteiger partial charge in [-0.1, -0.05) is 23.2 Å². The van der Waals surface area contributed by atoms with Gasteiger partial charge in [-0.25, -0.2) is 4.79 Å². The average molecular weight is 393 g/mol. The summed E-state index contributed by atoms with van der Waals surface area (Å²) in [5, 5.41) is 0.612. The summed E-state index contributed by atoms with van der Waals surface area (Å²) in [6.07, 6.45) is 3.78. The molecular formula is C22H33ClN2O2. The fourth-order valence-electron chi connectivity index (χ4n) is 3.69. The highest BCUT2D eigenvalue weighted by Gasteiger charge is 2.33. The number of ether oxygens (including phenoxy) is 1. The van der Waals surface area contributed by atoms with Crippen LogP contribution in [0, 0.1) is 11.8 Å². The molecule has 0 bridgehead atoms. The number of nitrogens with two attached hydrogens (primary N) is 1. The molecule has 0 radical (unpaired) electrons. The zero-order chi connectivity index (χ0) is 20.2. The van der Waals surface area contributed by atoms with Gasteiger partial charge < -0.3 is 15.4 Å². The molecule has 1 fully saturated rings. The fourth-order valence-corrected chi connectivity index (χ4v) is 3.90. The molecule has 1 aliphatic rings. The second kappa shape index (κ2) is 9.01. The third kappa shape index (κ3) is 6.76. The predicted octanol–water partition coefficient (Wildman–Crippen LogP) is 5.69. The highest BCUT2D eigenvalue weighted by molar-refractivity contribution is 6.33. The number of carbonyl (C=O) groups excluding carboxylic acids is 1. The van der Waals surface area contributed by atoms with E-state index in [0.29, 0.717) is 22.5 Å². The summed E-state index contributed by atoms with van der Waals surface area (Å²) in [7, 11) is 0. The Labute approximate surface area is 168 Å². The number of hydrogen-bond donors (Lipinski definition) is 1. The van der Waals surface area contributed by atoms with E-state index >= 15 is 0 Å². The van der Waals surface area contributed by atoms with Gasteiger partial charge in [-0.15, -0.1) is 6.58 Å². The van der Waals surface area contributed by atoms with Gasteiger partial charge >= 0.3 is 6.09 Å². The van der Waals surface area contributed by atoms with Crippen molar-refractivity contribution < 1.29 is 9.53 Å². The second-order valence-electron chi connectivity index (χ2n) is 8.79. The van der Waals surface area contributed by atoms with Crippen LogP contribution in [0.25, 0.3) is 0 Å². The fraction of sp³-hybridized carbons (Fsp3) is 0.591. The minimum absolute atomic E-state index is 0.204. The Morgan fingerprint density at radius 3 is 2.74 bits per heavy atom. The number of allylic oxidation sites excluding steroid dienone is 1. The molecule has 2 atom stereocenters. The first-order valence-corrected chi connectivity index (χ1v) is 10.1. The summed E-state index contributed by atoms with van der Waals surface area (Å²) in [6, 6.07) is 5.86. The molecule has 1 unspecified atom stereocenters. The van der Waals surface area contributed by atoms with Gasteiger partial charge in [-0.05, 0) is 82.9 Å². The SMILES string of the molecule is C=C(C)C[C@H](CCc1ccc(N)c(Cl)c1)C1CCN(C(=O)OC(C)(C)C)C1. The minimum atomic E-state index is -0.458. The highest BCUT2D eigenvalue weighted by Crippen LogP contribution is 2.33. The summed E-state index contributed by atoms with van der Waals surface area (Å²) < 4.78 is 5.53. The van der Waals surface area contributed by atoms with Gasteiger partial charge in [0, 0.05) is 13.1 Å². The Morgan fingerprint density at radius 1 is 1.44 bits per heavy atom. The number of hydrogen-bond acceptors (Lipinski definition) is 3. The van der Waals surface area contributed by atoms with Crippen molar-refractivity contribution >= 4 is 23.4 Å². The molecule has 0 aromatic heterocycles. The molecule has 2 N–H and O–H groups in total. The lowest BCUT2D eigenvalue weighted by molar-refractivity contribution is 0.0283. The summed E-state index contributed by atoms with van der Waals surface area (Å²) in [5.74, 6) is 0.963. The lowest BCUT2D eigenvalue weighted by Crippen LogP contribution is -2.35. The van der Waals surface area contributed by atoms with Crippen LogP contribution >= 0.6 is 11.6 Å². The van der Waals surface area contributed by atoms with Crippen LogP contribution < -0.4 is 5.73 Å². The number of aryl methyl sites for hydroxylation is 1. The standard InChI is InChI=1S/C22H33ClN2O2/c1-15(2)12-17(8-6-16-7-9-20(24)19(23)13-16)18-10-11-25(14-18)21(26)27-22(3,4)5/h7,9,13,17-18H,1,6,8,10-12,14,24H2,2-5H3/t17-,18?/m0/s1. The number of likely N-dealkylation sites (tertiary alicyclic amines) is 1. The molecule has 27 heavy (non-hydrogen) atoms. The van der Waals surface area contributed by atoms with Crippen molar-refractivity contribution in [3.05, 3.63) is 40.9 Å². The maximum absolute atomic E-state index is 12.4. The molecule has 1 aliphatic heterocycles. The lowest BCUT2D eigenvalue weighted by Gasteiger charge is -2.26. The van der Waals surface area contributed by atoms with Crippen LogP contribution in [0.3, 0.4) is 0 Å². The van der Waals surface area contributed by atoms with Gasteiger partial charge in [0.15, 0.2) is 0 Å². The zero-order valence-electron chi connectivity index (χ0n) is 17.1. The van der Waals surface area contributed by atoms with E-state index in [2.05, 4.69) is 13.5 Å². The highest BCUT2D eigenvalue weighted by atomic mass is 35.5. The number of halogens is 1. The number of anilines is 1. The molecule has 1 heterocycles. The molecule has 1 amide bonds. The molecule has 2 rings (SSSR count). The van der Waals surface area contributed by atoms with Crippen molar-refractivity contribution in [3.63, 3.8) is 0 Å². The average Bonchev–Trinajstić information content (AvgIpc) is 3.02. The molecule has 0 aliphatic carbocycles. The number of rotatable bonds is 6. The molecule has 1 aromatic carbocycles. The Balaban J connectivity index is 1.98. The maximum Gasteiger partial charge on any atom is 0.410 e. The van der Waals surface area contributed by atoms with Gasteiger partial charge in [0.2, 0.25) is 0 Å². The van der Waals surface area contributed by atoms with Gasteiger partial charge in [-0.3, -0.25) is 0 Å². The number of nitrogens with zero attached hydrogens (tertiary/aromatic N) is 1. The third-order valence-corrected chi connectivity index (χ3v) is 5.35. The Hall–Kier alpha value is -1.68. The van der Waals surface area contributed by atoms with Crippen LogP contribution in [0.15, 0.2) is 30.4 Å². The van der Waals surface area contributed by atoms with E-state index in [1.807, 2.05) is 43.9 Å².